The van der Waals surface area contributed by atoms with Crippen molar-refractivity contribution >= 4 is 35.7 Å². The molecule has 0 aliphatic carbocycles. The van der Waals surface area contributed by atoms with E-state index in [1.807, 2.05) is 0 Å². The van der Waals surface area contributed by atoms with Crippen molar-refractivity contribution < 1.29 is 14.6 Å². The second-order valence-electron chi connectivity index (χ2n) is 5.64. The molecule has 0 saturated carbocycles. The van der Waals surface area contributed by atoms with Crippen LogP contribution < -0.4 is 10.5 Å². The largest absolute Gasteiger partial charge is 0.495 e. The number of benzene rings is 1. The number of nitrogens with zero attached hydrogens (tertiary/aromatic N) is 1. The van der Waals surface area contributed by atoms with Crippen LogP contribution in [0.2, 0.25) is 5.02 Å². The van der Waals surface area contributed by atoms with Gasteiger partial charge in [-0.3, -0.25) is 0 Å². The van der Waals surface area contributed by atoms with E-state index < -0.39 is 5.97 Å². The molecule has 5 nitrogen and oxygen atoms in total. The Kier molecular flexibility index (Phi) is 7.95. The monoisotopic (exact) mass is 362 g/mol. The Balaban J connectivity index is 0.00000264. The molecule has 1 aromatic rings. The summed E-state index contributed by atoms with van der Waals surface area (Å²) in [4.78, 5) is 13.8. The molecule has 1 aromatic carbocycles. The summed E-state index contributed by atoms with van der Waals surface area (Å²) in [7, 11) is 1.46. The highest BCUT2D eigenvalue weighted by Crippen LogP contribution is 2.36. The molecule has 1 saturated heterocycles. The standard InChI is InChI=1S/C16H23ClN2O3.ClH/c1-22-15-11(6-5-9-19-7-3-2-4-8-19)14(18)13(17)10-12(15)16(20)21;/h10H,2-9,18H2,1H3,(H,20,21);1H. The van der Waals surface area contributed by atoms with E-state index in [0.29, 0.717) is 23.4 Å². The van der Waals surface area contributed by atoms with E-state index in [1.54, 1.807) is 0 Å². The summed E-state index contributed by atoms with van der Waals surface area (Å²) in [6, 6.07) is 1.35. The van der Waals surface area contributed by atoms with Crippen LogP contribution in [0.3, 0.4) is 0 Å². The van der Waals surface area contributed by atoms with Crippen molar-refractivity contribution in [2.45, 2.75) is 32.1 Å². The van der Waals surface area contributed by atoms with Crippen LogP contribution >= 0.6 is 24.0 Å². The summed E-state index contributed by atoms with van der Waals surface area (Å²) in [6.07, 6.45) is 5.39. The summed E-state index contributed by atoms with van der Waals surface area (Å²) in [5.41, 5.74) is 7.21. The molecule has 0 aromatic heterocycles. The zero-order valence-electron chi connectivity index (χ0n) is 13.3. The van der Waals surface area contributed by atoms with Gasteiger partial charge in [0.2, 0.25) is 0 Å². The third-order valence-corrected chi connectivity index (χ3v) is 4.47. The van der Waals surface area contributed by atoms with Gasteiger partial charge in [-0.2, -0.15) is 0 Å². The van der Waals surface area contributed by atoms with E-state index in [9.17, 15) is 9.90 Å². The normalized spacial score (nSPS) is 15.0. The second-order valence-corrected chi connectivity index (χ2v) is 6.05. The quantitative estimate of drug-likeness (QED) is 0.757. The smallest absolute Gasteiger partial charge is 0.339 e. The summed E-state index contributed by atoms with van der Waals surface area (Å²) in [6.45, 7) is 3.27. The van der Waals surface area contributed by atoms with Crippen LogP contribution in [0.5, 0.6) is 5.75 Å². The van der Waals surface area contributed by atoms with Crippen molar-refractivity contribution in [1.29, 1.82) is 0 Å². The molecule has 2 rings (SSSR count). The van der Waals surface area contributed by atoms with Gasteiger partial charge >= 0.3 is 5.97 Å². The van der Waals surface area contributed by atoms with Crippen LogP contribution in [0.15, 0.2) is 6.07 Å². The summed E-state index contributed by atoms with van der Waals surface area (Å²) >= 11 is 6.07. The molecule has 23 heavy (non-hydrogen) atoms. The van der Waals surface area contributed by atoms with Crippen LogP contribution in [0.1, 0.15) is 41.6 Å². The van der Waals surface area contributed by atoms with Gasteiger partial charge in [-0.1, -0.05) is 18.0 Å². The van der Waals surface area contributed by atoms with Crippen molar-refractivity contribution in [3.8, 4) is 5.75 Å². The van der Waals surface area contributed by atoms with Crippen LogP contribution in [-0.2, 0) is 6.42 Å². The van der Waals surface area contributed by atoms with E-state index in [0.717, 1.165) is 26.1 Å². The van der Waals surface area contributed by atoms with Gasteiger partial charge < -0.3 is 20.5 Å². The van der Waals surface area contributed by atoms with Gasteiger partial charge in [-0.25, -0.2) is 4.79 Å². The molecule has 7 heteroatoms. The Morgan fingerprint density at radius 3 is 2.61 bits per heavy atom. The highest BCUT2D eigenvalue weighted by atomic mass is 35.5. The maximum absolute atomic E-state index is 11.3. The highest BCUT2D eigenvalue weighted by molar-refractivity contribution is 6.33. The first-order valence-electron chi connectivity index (χ1n) is 7.65. The number of anilines is 1. The van der Waals surface area contributed by atoms with Gasteiger partial charge in [0.15, 0.2) is 0 Å². The maximum Gasteiger partial charge on any atom is 0.339 e. The predicted molar refractivity (Wildman–Crippen MR) is 95.2 cm³/mol. The highest BCUT2D eigenvalue weighted by Gasteiger charge is 2.20. The van der Waals surface area contributed by atoms with Crippen molar-refractivity contribution in [3.05, 3.63) is 22.2 Å². The topological polar surface area (TPSA) is 75.8 Å². The van der Waals surface area contributed by atoms with E-state index in [2.05, 4.69) is 4.90 Å². The molecule has 0 radical (unpaired) electrons. The predicted octanol–water partition coefficient (Wildman–Crippen LogP) is 3.47. The number of aromatic carboxylic acids is 1. The first kappa shape index (κ1) is 19.9. The summed E-state index contributed by atoms with van der Waals surface area (Å²) in [5, 5.41) is 9.55. The minimum absolute atomic E-state index is 0. The van der Waals surface area contributed by atoms with E-state index in [1.165, 1.54) is 32.4 Å². The first-order chi connectivity index (χ1) is 10.5. The van der Waals surface area contributed by atoms with Crippen molar-refractivity contribution in [1.82, 2.24) is 4.90 Å². The van der Waals surface area contributed by atoms with Crippen molar-refractivity contribution in [3.63, 3.8) is 0 Å². The van der Waals surface area contributed by atoms with Crippen LogP contribution in [-0.4, -0.2) is 42.7 Å². The molecule has 1 aliphatic rings. The Morgan fingerprint density at radius 1 is 1.39 bits per heavy atom. The number of ether oxygens (including phenoxy) is 1. The lowest BCUT2D eigenvalue weighted by Crippen LogP contribution is -2.30. The fourth-order valence-corrected chi connectivity index (χ4v) is 3.22. The number of methoxy groups -OCH3 is 1. The SMILES string of the molecule is COc1c(C(=O)O)cc(Cl)c(N)c1CCCN1CCCCC1.Cl. The van der Waals surface area contributed by atoms with Crippen LogP contribution in [0.25, 0.3) is 0 Å². The molecule has 3 N–H and O–H groups in total. The third-order valence-electron chi connectivity index (χ3n) is 4.16. The van der Waals surface area contributed by atoms with Crippen LogP contribution in [0, 0.1) is 0 Å². The van der Waals surface area contributed by atoms with Gasteiger partial charge in [-0.05, 0) is 51.4 Å². The number of hydrogen-bond donors (Lipinski definition) is 2. The van der Waals surface area contributed by atoms with E-state index in [-0.39, 0.29) is 23.0 Å². The van der Waals surface area contributed by atoms with Gasteiger partial charge in [0.25, 0.3) is 0 Å². The third kappa shape index (κ3) is 4.90. The van der Waals surface area contributed by atoms with Crippen molar-refractivity contribution in [2.24, 2.45) is 0 Å². The molecular weight excluding hydrogens is 339 g/mol. The van der Waals surface area contributed by atoms with E-state index >= 15 is 0 Å². The molecular formula is C16H24Cl2N2O3. The zero-order valence-corrected chi connectivity index (χ0v) is 14.9. The van der Waals surface area contributed by atoms with Gasteiger partial charge in [0.1, 0.15) is 11.3 Å². The fraction of sp³-hybridized carbons (Fsp3) is 0.562. The first-order valence-corrected chi connectivity index (χ1v) is 8.03. The lowest BCUT2D eigenvalue weighted by Gasteiger charge is -2.26. The average Bonchev–Trinajstić information content (AvgIpc) is 2.52. The number of hydrogen-bond acceptors (Lipinski definition) is 4. The Hall–Kier alpha value is -1.17. The van der Waals surface area contributed by atoms with Gasteiger partial charge in [-0.15, -0.1) is 12.4 Å². The van der Waals surface area contributed by atoms with E-state index in [4.69, 9.17) is 22.1 Å². The molecule has 130 valence electrons. The molecule has 0 bridgehead atoms. The number of rotatable bonds is 6. The second kappa shape index (κ2) is 9.21. The molecule has 0 amide bonds. The molecule has 0 unspecified atom stereocenters. The number of carboxylic acids is 1. The maximum atomic E-state index is 11.3. The number of carbonyl (C=O) groups is 1. The number of carboxylic acid groups (broad SMARTS) is 1. The van der Waals surface area contributed by atoms with Crippen LogP contribution in [0.4, 0.5) is 5.69 Å². The minimum Gasteiger partial charge on any atom is -0.495 e. The number of halogens is 2. The Labute approximate surface area is 148 Å². The summed E-state index contributed by atoms with van der Waals surface area (Å²) < 4.78 is 5.28. The lowest BCUT2D eigenvalue weighted by molar-refractivity contribution is 0.0693. The molecule has 0 atom stereocenters. The lowest BCUT2D eigenvalue weighted by atomic mass is 10.0. The zero-order chi connectivity index (χ0) is 16.1. The number of nitrogen functional groups attached to an aromatic ring is 1. The number of likely N-dealkylation sites (tertiary alicyclic amines) is 1. The minimum atomic E-state index is -1.06. The number of piperidine rings is 1. The van der Waals surface area contributed by atoms with Gasteiger partial charge in [0, 0.05) is 5.56 Å². The van der Waals surface area contributed by atoms with Crippen molar-refractivity contribution in [2.75, 3.05) is 32.5 Å². The molecule has 1 fully saturated rings. The summed E-state index contributed by atoms with van der Waals surface area (Å²) in [5.74, 6) is -0.732. The molecule has 1 aliphatic heterocycles. The number of nitrogens with two attached hydrogens (primary N) is 1. The molecule has 1 heterocycles. The fourth-order valence-electron chi connectivity index (χ4n) is 3.00. The Bertz CT molecular complexity index is 547. The molecule has 0 spiro atoms. The Morgan fingerprint density at radius 2 is 2.04 bits per heavy atom. The van der Waals surface area contributed by atoms with Gasteiger partial charge in [0.05, 0.1) is 17.8 Å². The average molecular weight is 363 g/mol.